The summed E-state index contributed by atoms with van der Waals surface area (Å²) in [5.41, 5.74) is 2.41. The molecule has 0 spiro atoms. The molecule has 0 N–H and O–H groups in total. The van der Waals surface area contributed by atoms with Gasteiger partial charge in [0.2, 0.25) is 0 Å². The van der Waals surface area contributed by atoms with Crippen LogP contribution in [-0.4, -0.2) is 51.6 Å². The number of hydrogen-bond donors (Lipinski definition) is 0. The standard InChI is InChI=1S/C28H29ClFN5O5/c1-4-39-25(36)16-24-31-33-35(32-24)13-7-11-22-21-9-6-12-34(21)26-19(14-17(29)15-20(26)30)27(40-22)18-8-5-10-23(37-2)28(18)38-3/h5-6,8-10,12,14-15,22,27H,4,7,11,13,16H2,1-3H3/t22-,27-/m1/s1. The van der Waals surface area contributed by atoms with E-state index < -0.39 is 24.0 Å². The van der Waals surface area contributed by atoms with Crippen molar-refractivity contribution >= 4 is 17.6 Å². The van der Waals surface area contributed by atoms with Crippen LogP contribution in [0.25, 0.3) is 5.69 Å². The number of esters is 1. The van der Waals surface area contributed by atoms with Gasteiger partial charge >= 0.3 is 5.97 Å². The third-order valence-electron chi connectivity index (χ3n) is 6.63. The van der Waals surface area contributed by atoms with Gasteiger partial charge in [-0.3, -0.25) is 4.79 Å². The lowest BCUT2D eigenvalue weighted by molar-refractivity contribution is -0.142. The molecule has 40 heavy (non-hydrogen) atoms. The molecule has 3 heterocycles. The Labute approximate surface area is 235 Å². The normalized spacial score (nSPS) is 16.1. The number of para-hydroxylation sites is 1. The van der Waals surface area contributed by atoms with Crippen molar-refractivity contribution in [2.24, 2.45) is 0 Å². The van der Waals surface area contributed by atoms with E-state index in [2.05, 4.69) is 15.4 Å². The summed E-state index contributed by atoms with van der Waals surface area (Å²) in [5.74, 6) is 0.458. The Bertz CT molecular complexity index is 1510. The van der Waals surface area contributed by atoms with Crippen molar-refractivity contribution in [2.45, 2.75) is 44.9 Å². The Morgan fingerprint density at radius 2 is 2.00 bits per heavy atom. The predicted molar refractivity (Wildman–Crippen MR) is 143 cm³/mol. The van der Waals surface area contributed by atoms with Crippen molar-refractivity contribution in [3.8, 4) is 17.2 Å². The van der Waals surface area contributed by atoms with Crippen molar-refractivity contribution in [1.29, 1.82) is 0 Å². The first-order chi connectivity index (χ1) is 19.4. The van der Waals surface area contributed by atoms with Crippen LogP contribution in [0.2, 0.25) is 5.02 Å². The molecule has 1 aliphatic rings. The molecule has 2 aromatic carbocycles. The van der Waals surface area contributed by atoms with Gasteiger partial charge < -0.3 is 23.5 Å². The first-order valence-corrected chi connectivity index (χ1v) is 13.3. The number of benzene rings is 2. The van der Waals surface area contributed by atoms with Crippen molar-refractivity contribution < 1.29 is 28.1 Å². The van der Waals surface area contributed by atoms with E-state index in [-0.39, 0.29) is 11.4 Å². The fraction of sp³-hybridized carbons (Fsp3) is 0.357. The van der Waals surface area contributed by atoms with Gasteiger partial charge in [-0.1, -0.05) is 23.7 Å². The molecule has 1 aliphatic heterocycles. The predicted octanol–water partition coefficient (Wildman–Crippen LogP) is 5.02. The van der Waals surface area contributed by atoms with Gasteiger partial charge in [-0.15, -0.1) is 10.2 Å². The van der Waals surface area contributed by atoms with E-state index in [1.54, 1.807) is 33.3 Å². The Balaban J connectivity index is 1.46. The van der Waals surface area contributed by atoms with Crippen LogP contribution in [0, 0.1) is 5.82 Å². The molecule has 2 atom stereocenters. The topological polar surface area (TPSA) is 103 Å². The van der Waals surface area contributed by atoms with Gasteiger partial charge in [0, 0.05) is 22.3 Å². The van der Waals surface area contributed by atoms with Crippen LogP contribution < -0.4 is 9.47 Å². The average Bonchev–Trinajstić information content (AvgIpc) is 3.57. The van der Waals surface area contributed by atoms with E-state index in [1.807, 2.05) is 35.0 Å². The van der Waals surface area contributed by atoms with Crippen LogP contribution in [0.5, 0.6) is 11.5 Å². The second kappa shape index (κ2) is 12.1. The summed E-state index contributed by atoms with van der Waals surface area (Å²) in [6.07, 6.45) is 1.82. The molecule has 0 amide bonds. The Kier molecular flexibility index (Phi) is 8.32. The fourth-order valence-electron chi connectivity index (χ4n) is 4.98. The number of rotatable bonds is 10. The number of tetrazole rings is 1. The quantitative estimate of drug-likeness (QED) is 0.245. The summed E-state index contributed by atoms with van der Waals surface area (Å²) >= 11 is 6.35. The largest absolute Gasteiger partial charge is 0.493 e. The summed E-state index contributed by atoms with van der Waals surface area (Å²) in [6.45, 7) is 2.47. The van der Waals surface area contributed by atoms with Crippen LogP contribution in [0.1, 0.15) is 54.6 Å². The van der Waals surface area contributed by atoms with E-state index in [1.165, 1.54) is 10.9 Å². The maximum Gasteiger partial charge on any atom is 0.313 e. The second-order valence-electron chi connectivity index (χ2n) is 9.14. The molecule has 0 unspecified atom stereocenters. The van der Waals surface area contributed by atoms with Crippen LogP contribution >= 0.6 is 11.6 Å². The van der Waals surface area contributed by atoms with E-state index in [4.69, 9.17) is 30.5 Å². The molecule has 4 aromatic rings. The number of carbonyl (C=O) groups is 1. The van der Waals surface area contributed by atoms with Crippen molar-refractivity contribution in [2.75, 3.05) is 20.8 Å². The summed E-state index contributed by atoms with van der Waals surface area (Å²) < 4.78 is 40.3. The SMILES string of the molecule is CCOC(=O)Cc1nnn(CCC[C@H]2O[C@H](c3cccc(OC)c3OC)c3cc(Cl)cc(F)c3-n3cccc32)n1. The number of fused-ring (bicyclic) bond motifs is 3. The highest BCUT2D eigenvalue weighted by Crippen LogP contribution is 2.47. The molecule has 0 bridgehead atoms. The van der Waals surface area contributed by atoms with Crippen LogP contribution in [0.4, 0.5) is 4.39 Å². The summed E-state index contributed by atoms with van der Waals surface area (Å²) in [6, 6.07) is 12.3. The number of nitrogens with zero attached hydrogens (tertiary/aromatic N) is 5. The molecule has 0 fully saturated rings. The third kappa shape index (κ3) is 5.52. The minimum Gasteiger partial charge on any atom is -0.493 e. The Morgan fingerprint density at radius 1 is 1.15 bits per heavy atom. The molecule has 5 rings (SSSR count). The number of carbonyl (C=O) groups excluding carboxylic acids is 1. The van der Waals surface area contributed by atoms with Crippen molar-refractivity contribution in [1.82, 2.24) is 24.8 Å². The van der Waals surface area contributed by atoms with Crippen LogP contribution in [-0.2, 0) is 27.2 Å². The first kappa shape index (κ1) is 27.6. The summed E-state index contributed by atoms with van der Waals surface area (Å²) in [5, 5.41) is 12.5. The van der Waals surface area contributed by atoms with Gasteiger partial charge in [0.05, 0.1) is 44.9 Å². The monoisotopic (exact) mass is 569 g/mol. The van der Waals surface area contributed by atoms with Gasteiger partial charge in [0.1, 0.15) is 18.3 Å². The Morgan fingerprint density at radius 3 is 2.77 bits per heavy atom. The van der Waals surface area contributed by atoms with Crippen molar-refractivity contribution in [3.05, 3.63) is 82.1 Å². The summed E-state index contributed by atoms with van der Waals surface area (Å²) in [4.78, 5) is 13.2. The molecular weight excluding hydrogens is 541 g/mol. The molecule has 210 valence electrons. The lowest BCUT2D eigenvalue weighted by atomic mass is 9.98. The van der Waals surface area contributed by atoms with Gasteiger partial charge in [0.15, 0.2) is 17.3 Å². The molecule has 12 heteroatoms. The van der Waals surface area contributed by atoms with E-state index in [0.717, 1.165) is 5.69 Å². The minimum absolute atomic E-state index is 0.0382. The number of methoxy groups -OCH3 is 2. The lowest BCUT2D eigenvalue weighted by Gasteiger charge is -2.25. The van der Waals surface area contributed by atoms with Crippen LogP contribution in [0.15, 0.2) is 48.7 Å². The van der Waals surface area contributed by atoms with Gasteiger partial charge in [0.25, 0.3) is 0 Å². The van der Waals surface area contributed by atoms with E-state index in [0.29, 0.717) is 60.1 Å². The molecule has 10 nitrogen and oxygen atoms in total. The second-order valence-corrected chi connectivity index (χ2v) is 9.58. The Hall–Kier alpha value is -3.96. The number of hydrogen-bond acceptors (Lipinski definition) is 8. The highest BCUT2D eigenvalue weighted by Gasteiger charge is 2.34. The van der Waals surface area contributed by atoms with E-state index in [9.17, 15) is 4.79 Å². The lowest BCUT2D eigenvalue weighted by Crippen LogP contribution is -2.13. The summed E-state index contributed by atoms with van der Waals surface area (Å²) in [7, 11) is 3.12. The molecule has 0 radical (unpaired) electrons. The first-order valence-electron chi connectivity index (χ1n) is 12.9. The minimum atomic E-state index is -0.709. The molecule has 0 saturated heterocycles. The maximum absolute atomic E-state index is 15.6. The molecule has 0 saturated carbocycles. The number of aromatic nitrogens is 5. The molecule has 2 aromatic heterocycles. The molecule has 0 aliphatic carbocycles. The van der Waals surface area contributed by atoms with Gasteiger partial charge in [-0.2, -0.15) is 4.80 Å². The van der Waals surface area contributed by atoms with Crippen LogP contribution in [0.3, 0.4) is 0 Å². The third-order valence-corrected chi connectivity index (χ3v) is 6.85. The van der Waals surface area contributed by atoms with Gasteiger partial charge in [-0.25, -0.2) is 4.39 Å². The number of aryl methyl sites for hydroxylation is 1. The zero-order valence-electron chi connectivity index (χ0n) is 22.3. The average molecular weight is 570 g/mol. The zero-order valence-corrected chi connectivity index (χ0v) is 23.1. The fourth-order valence-corrected chi connectivity index (χ4v) is 5.20. The smallest absolute Gasteiger partial charge is 0.313 e. The zero-order chi connectivity index (χ0) is 28.2. The highest BCUT2D eigenvalue weighted by atomic mass is 35.5. The van der Waals surface area contributed by atoms with Crippen molar-refractivity contribution in [3.63, 3.8) is 0 Å². The number of halogens is 2. The van der Waals surface area contributed by atoms with Gasteiger partial charge in [-0.05, 0) is 55.3 Å². The number of ether oxygens (including phenoxy) is 4. The molecular formula is C28H29ClFN5O5. The maximum atomic E-state index is 15.6. The van der Waals surface area contributed by atoms with E-state index >= 15 is 4.39 Å². The highest BCUT2D eigenvalue weighted by molar-refractivity contribution is 6.30.